The van der Waals surface area contributed by atoms with Crippen LogP contribution in [0.3, 0.4) is 0 Å². The number of aryl methyl sites for hydroxylation is 1. The molecule has 0 fully saturated rings. The number of halogens is 2. The van der Waals surface area contributed by atoms with Crippen LogP contribution in [0, 0.1) is 12.8 Å². The number of carbonyl (C=O) groups is 1. The van der Waals surface area contributed by atoms with Crippen LogP contribution < -0.4 is 16.0 Å². The van der Waals surface area contributed by atoms with Gasteiger partial charge in [0, 0.05) is 30.4 Å². The first-order valence-corrected chi connectivity index (χ1v) is 9.78. The lowest BCUT2D eigenvalue weighted by molar-refractivity contribution is -0.115. The molecule has 27 heavy (non-hydrogen) atoms. The van der Waals surface area contributed by atoms with E-state index in [2.05, 4.69) is 50.7 Å². The Bertz CT molecular complexity index is 611. The quantitative estimate of drug-likeness (QED) is 0.246. The van der Waals surface area contributed by atoms with Crippen molar-refractivity contribution in [2.75, 3.05) is 32.1 Å². The monoisotopic (exact) mass is 554 g/mol. The first-order valence-electron chi connectivity index (χ1n) is 8.99. The van der Waals surface area contributed by atoms with Crippen LogP contribution in [0.5, 0.6) is 0 Å². The van der Waals surface area contributed by atoms with E-state index in [9.17, 15) is 4.79 Å². The number of benzene rings is 1. The fraction of sp³-hybridized carbons (Fsp3) is 0.579. The van der Waals surface area contributed by atoms with Crippen LogP contribution in [-0.4, -0.2) is 44.7 Å². The van der Waals surface area contributed by atoms with Crippen molar-refractivity contribution in [1.29, 1.82) is 0 Å². The fourth-order valence-corrected chi connectivity index (χ4v) is 2.83. The first-order chi connectivity index (χ1) is 12.4. The van der Waals surface area contributed by atoms with Crippen LogP contribution in [0.4, 0.5) is 5.69 Å². The van der Waals surface area contributed by atoms with Gasteiger partial charge < -0.3 is 20.7 Å². The molecule has 6 nitrogen and oxygen atoms in total. The third-order valence-electron chi connectivity index (χ3n) is 3.96. The van der Waals surface area contributed by atoms with Crippen molar-refractivity contribution in [1.82, 2.24) is 10.6 Å². The zero-order chi connectivity index (χ0) is 19.5. The standard InChI is InChI=1S/C19H31BrN4O2.HI/c1-6-26-17(13(2)3)9-10-22-19(21-5)23-12-18(25)24-16-11-15(20)8-7-14(16)4;/h7-8,11,13,17H,6,9-10,12H2,1-5H3,(H,24,25)(H2,21,22,23);1H. The highest BCUT2D eigenvalue weighted by Crippen LogP contribution is 2.20. The molecule has 0 spiro atoms. The molecule has 0 bridgehead atoms. The van der Waals surface area contributed by atoms with Gasteiger partial charge in [0.15, 0.2) is 5.96 Å². The molecule has 0 aliphatic carbocycles. The summed E-state index contributed by atoms with van der Waals surface area (Å²) in [5.41, 5.74) is 1.81. The van der Waals surface area contributed by atoms with E-state index < -0.39 is 0 Å². The maximum atomic E-state index is 12.2. The molecule has 1 aromatic rings. The lowest BCUT2D eigenvalue weighted by atomic mass is 10.0. The van der Waals surface area contributed by atoms with Crippen molar-refractivity contribution in [2.24, 2.45) is 10.9 Å². The number of nitrogens with one attached hydrogen (secondary N) is 3. The fourth-order valence-electron chi connectivity index (χ4n) is 2.46. The van der Waals surface area contributed by atoms with Gasteiger partial charge in [-0.1, -0.05) is 35.8 Å². The first kappa shape index (κ1) is 26.1. The minimum Gasteiger partial charge on any atom is -0.378 e. The Morgan fingerprint density at radius 2 is 2.00 bits per heavy atom. The van der Waals surface area contributed by atoms with Crippen LogP contribution in [-0.2, 0) is 9.53 Å². The number of nitrogens with zero attached hydrogens (tertiary/aromatic N) is 1. The second-order valence-corrected chi connectivity index (χ2v) is 7.30. The molecule has 0 saturated carbocycles. The third-order valence-corrected chi connectivity index (χ3v) is 4.45. The molecule has 0 aliphatic heterocycles. The van der Waals surface area contributed by atoms with Crippen molar-refractivity contribution >= 4 is 57.5 Å². The van der Waals surface area contributed by atoms with E-state index in [-0.39, 0.29) is 42.5 Å². The number of aliphatic imine (C=N–C) groups is 1. The summed E-state index contributed by atoms with van der Waals surface area (Å²) in [4.78, 5) is 16.3. The summed E-state index contributed by atoms with van der Waals surface area (Å²) in [6, 6.07) is 5.79. The second-order valence-electron chi connectivity index (χ2n) is 6.39. The number of amides is 1. The van der Waals surface area contributed by atoms with Crippen molar-refractivity contribution in [3.05, 3.63) is 28.2 Å². The van der Waals surface area contributed by atoms with Crippen LogP contribution >= 0.6 is 39.9 Å². The Kier molecular flexibility index (Phi) is 13.7. The summed E-state index contributed by atoms with van der Waals surface area (Å²) in [6.07, 6.45) is 1.10. The average Bonchev–Trinajstić information content (AvgIpc) is 2.60. The molecule has 1 unspecified atom stereocenters. The Labute approximate surface area is 188 Å². The highest BCUT2D eigenvalue weighted by atomic mass is 127. The largest absolute Gasteiger partial charge is 0.378 e. The molecule has 0 saturated heterocycles. The molecule has 0 radical (unpaired) electrons. The zero-order valence-electron chi connectivity index (χ0n) is 16.8. The van der Waals surface area contributed by atoms with E-state index >= 15 is 0 Å². The summed E-state index contributed by atoms with van der Waals surface area (Å²) < 4.78 is 6.66. The molecule has 1 rings (SSSR count). The van der Waals surface area contributed by atoms with Gasteiger partial charge in [-0.05, 0) is 43.9 Å². The van der Waals surface area contributed by atoms with E-state index in [1.807, 2.05) is 32.0 Å². The summed E-state index contributed by atoms with van der Waals surface area (Å²) in [5.74, 6) is 0.944. The molecule has 0 heterocycles. The van der Waals surface area contributed by atoms with Gasteiger partial charge in [0.25, 0.3) is 0 Å². The SMILES string of the molecule is CCOC(CCNC(=NC)NCC(=O)Nc1cc(Br)ccc1C)C(C)C.I. The van der Waals surface area contributed by atoms with Gasteiger partial charge in [-0.3, -0.25) is 9.79 Å². The van der Waals surface area contributed by atoms with Crippen molar-refractivity contribution < 1.29 is 9.53 Å². The van der Waals surface area contributed by atoms with E-state index in [0.29, 0.717) is 18.5 Å². The van der Waals surface area contributed by atoms with Gasteiger partial charge in [-0.25, -0.2) is 0 Å². The predicted molar refractivity (Wildman–Crippen MR) is 127 cm³/mol. The average molecular weight is 555 g/mol. The van der Waals surface area contributed by atoms with Gasteiger partial charge >= 0.3 is 0 Å². The van der Waals surface area contributed by atoms with Gasteiger partial charge in [0.05, 0.1) is 12.6 Å². The van der Waals surface area contributed by atoms with E-state index in [1.165, 1.54) is 0 Å². The van der Waals surface area contributed by atoms with Gasteiger partial charge in [0.2, 0.25) is 5.91 Å². The molecule has 1 amide bonds. The topological polar surface area (TPSA) is 74.8 Å². The van der Waals surface area contributed by atoms with E-state index in [0.717, 1.165) is 28.7 Å². The number of guanidine groups is 1. The Balaban J connectivity index is 0.00000676. The molecule has 8 heteroatoms. The molecule has 0 aromatic heterocycles. The normalized spacial score (nSPS) is 12.3. The number of anilines is 1. The van der Waals surface area contributed by atoms with Crippen LogP contribution in [0.1, 0.15) is 32.8 Å². The molecule has 3 N–H and O–H groups in total. The van der Waals surface area contributed by atoms with Crippen LogP contribution in [0.2, 0.25) is 0 Å². The number of rotatable bonds is 9. The number of ether oxygens (including phenoxy) is 1. The van der Waals surface area contributed by atoms with Crippen LogP contribution in [0.25, 0.3) is 0 Å². The van der Waals surface area contributed by atoms with E-state index in [1.54, 1.807) is 7.05 Å². The summed E-state index contributed by atoms with van der Waals surface area (Å²) in [7, 11) is 1.69. The third kappa shape index (κ3) is 10.3. The highest BCUT2D eigenvalue weighted by Gasteiger charge is 2.13. The minimum absolute atomic E-state index is 0. The lowest BCUT2D eigenvalue weighted by Crippen LogP contribution is -2.42. The van der Waals surface area contributed by atoms with Gasteiger partial charge in [-0.15, -0.1) is 24.0 Å². The molecular formula is C19H32BrIN4O2. The predicted octanol–water partition coefficient (Wildman–Crippen LogP) is 3.93. The van der Waals surface area contributed by atoms with E-state index in [4.69, 9.17) is 4.74 Å². The molecular weight excluding hydrogens is 523 g/mol. The smallest absolute Gasteiger partial charge is 0.243 e. The van der Waals surface area contributed by atoms with Gasteiger partial charge in [-0.2, -0.15) is 0 Å². The summed E-state index contributed by atoms with van der Waals surface area (Å²) in [5, 5.41) is 9.16. The highest BCUT2D eigenvalue weighted by molar-refractivity contribution is 14.0. The minimum atomic E-state index is -0.122. The maximum absolute atomic E-state index is 12.2. The van der Waals surface area contributed by atoms with Crippen molar-refractivity contribution in [3.8, 4) is 0 Å². The maximum Gasteiger partial charge on any atom is 0.243 e. The molecule has 1 atom stereocenters. The summed E-state index contributed by atoms with van der Waals surface area (Å²) >= 11 is 3.41. The Morgan fingerprint density at radius 1 is 1.30 bits per heavy atom. The number of carbonyl (C=O) groups excluding carboxylic acids is 1. The number of hydrogen-bond donors (Lipinski definition) is 3. The molecule has 1 aromatic carbocycles. The van der Waals surface area contributed by atoms with Crippen molar-refractivity contribution in [3.63, 3.8) is 0 Å². The molecule has 154 valence electrons. The number of hydrogen-bond acceptors (Lipinski definition) is 3. The Hall–Kier alpha value is -0.870. The Morgan fingerprint density at radius 3 is 2.59 bits per heavy atom. The van der Waals surface area contributed by atoms with Crippen LogP contribution in [0.15, 0.2) is 27.7 Å². The van der Waals surface area contributed by atoms with Gasteiger partial charge in [0.1, 0.15) is 0 Å². The lowest BCUT2D eigenvalue weighted by Gasteiger charge is -2.21. The zero-order valence-corrected chi connectivity index (χ0v) is 20.7. The van der Waals surface area contributed by atoms with Crippen molar-refractivity contribution in [2.45, 2.75) is 40.2 Å². The molecule has 0 aliphatic rings. The second kappa shape index (κ2) is 14.2. The summed E-state index contributed by atoms with van der Waals surface area (Å²) in [6.45, 7) is 9.86.